The van der Waals surface area contributed by atoms with E-state index >= 15 is 0 Å². The third kappa shape index (κ3) is 1.91. The molecule has 5 rings (SSSR count). The quantitative estimate of drug-likeness (QED) is 0.771. The second-order valence-corrected chi connectivity index (χ2v) is 7.50. The van der Waals surface area contributed by atoms with Crippen LogP contribution in [0.5, 0.6) is 0 Å². The number of piperazine rings is 1. The van der Waals surface area contributed by atoms with Gasteiger partial charge in [-0.05, 0) is 56.3 Å². The number of carbonyl (C=O) groups is 1. The Kier molecular flexibility index (Phi) is 2.68. The predicted octanol–water partition coefficient (Wildman–Crippen LogP) is 0.714. The fraction of sp³-hybridized carbons (Fsp3) is 0.933. The van der Waals surface area contributed by atoms with Gasteiger partial charge in [0.15, 0.2) is 0 Å². The monoisotopic (exact) mass is 263 g/mol. The smallest absolute Gasteiger partial charge is 0.235 e. The zero-order chi connectivity index (χ0) is 13.0. The van der Waals surface area contributed by atoms with Crippen LogP contribution < -0.4 is 11.1 Å². The van der Waals surface area contributed by atoms with Crippen molar-refractivity contribution in [1.82, 2.24) is 10.2 Å². The van der Waals surface area contributed by atoms with Gasteiger partial charge in [0.1, 0.15) is 0 Å². The molecular formula is C15H25N3O. The predicted molar refractivity (Wildman–Crippen MR) is 73.5 cm³/mol. The van der Waals surface area contributed by atoms with Crippen LogP contribution >= 0.6 is 0 Å². The van der Waals surface area contributed by atoms with Gasteiger partial charge in [-0.15, -0.1) is 0 Å². The van der Waals surface area contributed by atoms with Crippen LogP contribution in [-0.2, 0) is 4.79 Å². The van der Waals surface area contributed by atoms with Gasteiger partial charge in [-0.25, -0.2) is 0 Å². The summed E-state index contributed by atoms with van der Waals surface area (Å²) < 4.78 is 0. The van der Waals surface area contributed by atoms with Crippen LogP contribution in [0, 0.1) is 17.8 Å². The number of nitrogens with zero attached hydrogens (tertiary/aromatic N) is 1. The highest BCUT2D eigenvalue weighted by Crippen LogP contribution is 2.57. The van der Waals surface area contributed by atoms with Gasteiger partial charge < -0.3 is 11.1 Å². The molecule has 4 heteroatoms. The second-order valence-electron chi connectivity index (χ2n) is 7.50. The molecule has 5 fully saturated rings. The van der Waals surface area contributed by atoms with Crippen molar-refractivity contribution >= 4 is 5.91 Å². The molecule has 4 nitrogen and oxygen atoms in total. The van der Waals surface area contributed by atoms with Crippen molar-refractivity contribution in [2.45, 2.75) is 50.1 Å². The van der Waals surface area contributed by atoms with Gasteiger partial charge in [0.25, 0.3) is 0 Å². The number of nitrogens with one attached hydrogen (secondary N) is 1. The topological polar surface area (TPSA) is 58.4 Å². The first kappa shape index (κ1) is 12.2. The molecule has 19 heavy (non-hydrogen) atoms. The van der Waals surface area contributed by atoms with Crippen molar-refractivity contribution in [2.75, 3.05) is 19.6 Å². The first-order valence-corrected chi connectivity index (χ1v) is 7.92. The number of hydrogen-bond donors (Lipinski definition) is 2. The Morgan fingerprint density at radius 3 is 2.21 bits per heavy atom. The Balaban J connectivity index is 1.56. The molecular weight excluding hydrogens is 238 g/mol. The van der Waals surface area contributed by atoms with E-state index in [-0.39, 0.29) is 11.9 Å². The van der Waals surface area contributed by atoms with Crippen LogP contribution in [-0.4, -0.2) is 42.0 Å². The lowest BCUT2D eigenvalue weighted by atomic mass is 9.52. The van der Waals surface area contributed by atoms with E-state index in [1.165, 1.54) is 38.5 Å². The molecule has 1 aliphatic heterocycles. The summed E-state index contributed by atoms with van der Waals surface area (Å²) in [6, 6.07) is -0.137. The summed E-state index contributed by atoms with van der Waals surface area (Å²) in [6.07, 6.45) is 8.57. The van der Waals surface area contributed by atoms with E-state index in [4.69, 9.17) is 5.73 Å². The van der Waals surface area contributed by atoms with E-state index in [9.17, 15) is 4.79 Å². The van der Waals surface area contributed by atoms with E-state index < -0.39 is 0 Å². The Hall–Kier alpha value is -0.610. The second kappa shape index (κ2) is 4.19. The summed E-state index contributed by atoms with van der Waals surface area (Å²) in [4.78, 5) is 14.1. The maximum Gasteiger partial charge on any atom is 0.235 e. The zero-order valence-corrected chi connectivity index (χ0v) is 11.6. The van der Waals surface area contributed by atoms with E-state index in [0.717, 1.165) is 37.4 Å². The summed E-state index contributed by atoms with van der Waals surface area (Å²) in [7, 11) is 0. The molecule has 106 valence electrons. The highest BCUT2D eigenvalue weighted by molar-refractivity contribution is 5.80. The van der Waals surface area contributed by atoms with E-state index in [1.807, 2.05) is 0 Å². The van der Waals surface area contributed by atoms with Gasteiger partial charge >= 0.3 is 0 Å². The lowest BCUT2D eigenvalue weighted by Crippen LogP contribution is -2.66. The van der Waals surface area contributed by atoms with Gasteiger partial charge in [-0.3, -0.25) is 9.69 Å². The lowest BCUT2D eigenvalue weighted by Gasteiger charge is -2.61. The van der Waals surface area contributed by atoms with E-state index in [1.54, 1.807) is 0 Å². The molecule has 0 aromatic carbocycles. The lowest BCUT2D eigenvalue weighted by molar-refractivity contribution is -0.126. The summed E-state index contributed by atoms with van der Waals surface area (Å²) in [5.41, 5.74) is 5.91. The van der Waals surface area contributed by atoms with Gasteiger partial charge in [0.2, 0.25) is 5.91 Å². The van der Waals surface area contributed by atoms with E-state index in [2.05, 4.69) is 10.2 Å². The number of carbonyl (C=O) groups excluding carboxylic acids is 1. The summed E-state index contributed by atoms with van der Waals surface area (Å²) in [5.74, 6) is 2.71. The molecule has 0 radical (unpaired) electrons. The van der Waals surface area contributed by atoms with Crippen LogP contribution in [0.25, 0.3) is 0 Å². The molecule has 4 bridgehead atoms. The Bertz CT molecular complexity index is 360. The number of amides is 1. The molecule has 0 spiro atoms. The molecule has 4 saturated carbocycles. The fourth-order valence-electron chi connectivity index (χ4n) is 5.82. The van der Waals surface area contributed by atoms with Crippen LogP contribution in [0.2, 0.25) is 0 Å². The van der Waals surface area contributed by atoms with Crippen LogP contribution in [0.1, 0.15) is 38.5 Å². The van der Waals surface area contributed by atoms with Crippen LogP contribution in [0.15, 0.2) is 0 Å². The van der Waals surface area contributed by atoms with Crippen molar-refractivity contribution in [1.29, 1.82) is 0 Å². The maximum absolute atomic E-state index is 11.5. The largest absolute Gasteiger partial charge is 0.368 e. The SMILES string of the molecule is NC(=O)C1CN(C23CC4CC(CC(C4)C2)C3)CCN1. The summed E-state index contributed by atoms with van der Waals surface area (Å²) in [6.45, 7) is 2.84. The van der Waals surface area contributed by atoms with Crippen molar-refractivity contribution in [3.63, 3.8) is 0 Å². The minimum Gasteiger partial charge on any atom is -0.368 e. The summed E-state index contributed by atoms with van der Waals surface area (Å²) >= 11 is 0. The fourth-order valence-corrected chi connectivity index (χ4v) is 5.82. The zero-order valence-electron chi connectivity index (χ0n) is 11.6. The number of hydrogen-bond acceptors (Lipinski definition) is 3. The molecule has 0 aromatic heterocycles. The standard InChI is InChI=1S/C15H25N3O/c16-14(19)13-9-18(2-1-17-13)15-6-10-3-11(7-15)5-12(4-10)8-15/h10-13,17H,1-9H2,(H2,16,19). The van der Waals surface area contributed by atoms with Crippen LogP contribution in [0.3, 0.4) is 0 Å². The maximum atomic E-state index is 11.5. The van der Waals surface area contributed by atoms with Gasteiger partial charge in [0, 0.05) is 25.2 Å². The highest BCUT2D eigenvalue weighted by Gasteiger charge is 2.54. The average molecular weight is 263 g/mol. The molecule has 1 heterocycles. The van der Waals surface area contributed by atoms with Crippen molar-refractivity contribution in [3.8, 4) is 0 Å². The van der Waals surface area contributed by atoms with Crippen molar-refractivity contribution in [2.24, 2.45) is 23.5 Å². The first-order valence-electron chi connectivity index (χ1n) is 7.92. The minimum atomic E-state index is -0.186. The third-order valence-corrected chi connectivity index (χ3v) is 6.20. The number of primary amides is 1. The Labute approximate surface area is 115 Å². The van der Waals surface area contributed by atoms with E-state index in [0.29, 0.717) is 5.54 Å². The molecule has 1 unspecified atom stereocenters. The van der Waals surface area contributed by atoms with Crippen molar-refractivity contribution < 1.29 is 4.79 Å². The Morgan fingerprint density at radius 2 is 1.68 bits per heavy atom. The molecule has 5 aliphatic rings. The number of rotatable bonds is 2. The van der Waals surface area contributed by atoms with Gasteiger partial charge in [0.05, 0.1) is 6.04 Å². The average Bonchev–Trinajstić information content (AvgIpc) is 2.37. The number of nitrogens with two attached hydrogens (primary N) is 1. The van der Waals surface area contributed by atoms with Crippen LogP contribution in [0.4, 0.5) is 0 Å². The molecule has 1 amide bonds. The molecule has 1 saturated heterocycles. The third-order valence-electron chi connectivity index (χ3n) is 6.20. The Morgan fingerprint density at radius 1 is 1.11 bits per heavy atom. The normalized spacial score (nSPS) is 49.5. The molecule has 1 atom stereocenters. The first-order chi connectivity index (χ1) is 9.14. The molecule has 0 aromatic rings. The summed E-state index contributed by atoms with van der Waals surface area (Å²) in [5, 5.41) is 3.26. The van der Waals surface area contributed by atoms with Gasteiger partial charge in [-0.1, -0.05) is 0 Å². The highest BCUT2D eigenvalue weighted by atomic mass is 16.1. The minimum absolute atomic E-state index is 0.137. The van der Waals surface area contributed by atoms with Crippen molar-refractivity contribution in [3.05, 3.63) is 0 Å². The molecule has 3 N–H and O–H groups in total. The van der Waals surface area contributed by atoms with Gasteiger partial charge in [-0.2, -0.15) is 0 Å². The molecule has 4 aliphatic carbocycles.